The number of methoxy groups -OCH3 is 2. The van der Waals surface area contributed by atoms with Crippen LogP contribution < -0.4 is 19.9 Å². The van der Waals surface area contributed by atoms with E-state index < -0.39 is 15.7 Å². The minimum absolute atomic E-state index is 0.276. The molecule has 0 aliphatic rings. The summed E-state index contributed by atoms with van der Waals surface area (Å²) in [5, 5.41) is 17.4. The third-order valence-electron chi connectivity index (χ3n) is 5.63. The third-order valence-corrected chi connectivity index (χ3v) is 5.63. The minimum Gasteiger partial charge on any atom is -0.497 e. The normalized spacial score (nSPS) is 12.8. The Kier molecular flexibility index (Phi) is 12.6. The van der Waals surface area contributed by atoms with Crippen LogP contribution in [0.4, 0.5) is 0 Å². The molecule has 0 saturated heterocycles. The Balaban J connectivity index is 0.00000104. The minimum atomic E-state index is -4.17. The van der Waals surface area contributed by atoms with E-state index in [2.05, 4.69) is 54.6 Å². The summed E-state index contributed by atoms with van der Waals surface area (Å²) in [7, 11) is -0.817. The predicted molar refractivity (Wildman–Crippen MR) is 134 cm³/mol. The molecule has 0 spiro atoms. The predicted octanol–water partition coefficient (Wildman–Crippen LogP) is 3.87. The molecular weight excluding hydrogens is 454 g/mol. The molecule has 0 aromatic heterocycles. The first-order valence-electron chi connectivity index (χ1n) is 11.2. The fourth-order valence-electron chi connectivity index (χ4n) is 3.80. The number of aryl methyl sites for hydroxylation is 1. The quantitative estimate of drug-likeness (QED) is 0.303. The molecule has 0 radical (unpaired) electrons. The molecule has 8 nitrogen and oxygen atoms in total. The van der Waals surface area contributed by atoms with Gasteiger partial charge in [0.05, 0.1) is 25.7 Å². The molecule has 1 unspecified atom stereocenters. The van der Waals surface area contributed by atoms with E-state index in [0.29, 0.717) is 0 Å². The van der Waals surface area contributed by atoms with Crippen molar-refractivity contribution in [3.63, 3.8) is 0 Å². The van der Waals surface area contributed by atoms with Gasteiger partial charge in [-0.15, -0.1) is 0 Å². The van der Waals surface area contributed by atoms with Gasteiger partial charge in [0, 0.05) is 6.07 Å². The van der Waals surface area contributed by atoms with E-state index in [1.54, 1.807) is 14.2 Å². The Hall–Kier alpha value is -2.64. The van der Waals surface area contributed by atoms with Crippen LogP contribution in [0.1, 0.15) is 44.2 Å². The van der Waals surface area contributed by atoms with Gasteiger partial charge in [0.1, 0.15) is 11.5 Å². The summed E-state index contributed by atoms with van der Waals surface area (Å²) in [5.74, 6) is 1.93. The van der Waals surface area contributed by atoms with Crippen molar-refractivity contribution in [3.8, 4) is 17.6 Å². The topological polar surface area (TPSA) is 135 Å². The summed E-state index contributed by atoms with van der Waals surface area (Å²) >= 11 is 0. The molecule has 188 valence electrons. The van der Waals surface area contributed by atoms with Gasteiger partial charge in [-0.25, -0.2) is 5.14 Å². The van der Waals surface area contributed by atoms with Crippen LogP contribution in [0, 0.1) is 17.2 Å². The van der Waals surface area contributed by atoms with Crippen molar-refractivity contribution in [3.05, 3.63) is 59.7 Å². The number of hydrogen-bond donors (Lipinski definition) is 3. The van der Waals surface area contributed by atoms with Crippen molar-refractivity contribution in [1.82, 2.24) is 5.32 Å². The van der Waals surface area contributed by atoms with E-state index in [-0.39, 0.29) is 5.92 Å². The number of hydrogen-bond acceptors (Lipinski definition) is 6. The molecule has 34 heavy (non-hydrogen) atoms. The highest BCUT2D eigenvalue weighted by atomic mass is 32.2. The van der Waals surface area contributed by atoms with Crippen LogP contribution >= 0.6 is 0 Å². The van der Waals surface area contributed by atoms with Gasteiger partial charge in [0.2, 0.25) is 0 Å². The molecule has 0 fully saturated rings. The smallest absolute Gasteiger partial charge is 0.330 e. The van der Waals surface area contributed by atoms with E-state index in [0.717, 1.165) is 55.8 Å². The lowest BCUT2D eigenvalue weighted by Gasteiger charge is -2.31. The number of rotatable bonds is 12. The molecule has 0 aliphatic heterocycles. The zero-order chi connectivity index (χ0) is 25.6. The number of nitrogens with two attached hydrogens (primary N) is 1. The molecule has 0 heterocycles. The lowest BCUT2D eigenvalue weighted by molar-refractivity contribution is 0.356. The van der Waals surface area contributed by atoms with Crippen LogP contribution in [0.5, 0.6) is 11.5 Å². The van der Waals surface area contributed by atoms with Crippen molar-refractivity contribution >= 4 is 10.3 Å². The van der Waals surface area contributed by atoms with Gasteiger partial charge >= 0.3 is 10.3 Å². The van der Waals surface area contributed by atoms with Crippen LogP contribution in [0.2, 0.25) is 0 Å². The maximum absolute atomic E-state index is 9.96. The fourth-order valence-corrected chi connectivity index (χ4v) is 3.80. The van der Waals surface area contributed by atoms with Crippen LogP contribution in [-0.4, -0.2) is 40.3 Å². The maximum atomic E-state index is 9.96. The maximum Gasteiger partial charge on any atom is 0.330 e. The summed E-state index contributed by atoms with van der Waals surface area (Å²) in [6, 6.07) is 18.9. The Morgan fingerprint density at radius 3 is 2.06 bits per heavy atom. The Morgan fingerprint density at radius 1 is 1.06 bits per heavy atom. The summed E-state index contributed by atoms with van der Waals surface area (Å²) in [6.07, 6.45) is 3.86. The van der Waals surface area contributed by atoms with Crippen LogP contribution in [0.3, 0.4) is 0 Å². The molecule has 4 N–H and O–H groups in total. The second kappa shape index (κ2) is 14.6. The van der Waals surface area contributed by atoms with Gasteiger partial charge in [-0.3, -0.25) is 4.55 Å². The first-order chi connectivity index (χ1) is 16.1. The molecule has 2 rings (SSSR count). The lowest BCUT2D eigenvalue weighted by atomic mass is 9.70. The second-order valence-electron chi connectivity index (χ2n) is 8.30. The van der Waals surface area contributed by atoms with Gasteiger partial charge in [0.15, 0.2) is 0 Å². The van der Waals surface area contributed by atoms with Crippen molar-refractivity contribution in [2.75, 3.05) is 27.3 Å². The standard InChI is InChI=1S/C25H34N2O2.H3NO3S/c1-20(2)25(19-26,22-11-6-5-7-12-22)13-9-15-27-14-8-10-21-16-23(28-3)18-24(17-21)29-4;1-5(2,3)4/h5-7,11-12,16-18,20,27H,8-10,13-15H2,1-4H3;(H3,1,2,3,4). The summed E-state index contributed by atoms with van der Waals surface area (Å²) < 4.78 is 35.9. The highest BCUT2D eigenvalue weighted by Gasteiger charge is 2.35. The van der Waals surface area contributed by atoms with Gasteiger partial charge in [-0.2, -0.15) is 13.7 Å². The molecule has 0 saturated carbocycles. The highest BCUT2D eigenvalue weighted by molar-refractivity contribution is 7.83. The number of nitrogens with one attached hydrogen (secondary N) is 1. The molecule has 0 bridgehead atoms. The van der Waals surface area contributed by atoms with Crippen LogP contribution in [0.25, 0.3) is 0 Å². The Bertz CT molecular complexity index is 977. The van der Waals surface area contributed by atoms with E-state index in [4.69, 9.17) is 22.4 Å². The fraction of sp³-hybridized carbons (Fsp3) is 0.480. The first kappa shape index (κ1) is 29.4. The molecule has 2 aromatic carbocycles. The highest BCUT2D eigenvalue weighted by Crippen LogP contribution is 2.36. The number of nitriles is 1. The average molecular weight is 492 g/mol. The zero-order valence-corrected chi connectivity index (χ0v) is 21.3. The van der Waals surface area contributed by atoms with Gasteiger partial charge in [-0.05, 0) is 68.0 Å². The molecule has 0 aliphatic carbocycles. The van der Waals surface area contributed by atoms with Crippen molar-refractivity contribution < 1.29 is 22.4 Å². The Morgan fingerprint density at radius 2 is 1.59 bits per heavy atom. The summed E-state index contributed by atoms with van der Waals surface area (Å²) in [6.45, 7) is 6.16. The van der Waals surface area contributed by atoms with Gasteiger partial charge in [0.25, 0.3) is 0 Å². The van der Waals surface area contributed by atoms with E-state index in [9.17, 15) is 5.26 Å². The third kappa shape index (κ3) is 10.5. The average Bonchev–Trinajstić information content (AvgIpc) is 2.80. The van der Waals surface area contributed by atoms with E-state index in [1.807, 2.05) is 24.3 Å². The summed E-state index contributed by atoms with van der Waals surface area (Å²) in [4.78, 5) is 0. The van der Waals surface area contributed by atoms with Crippen molar-refractivity contribution in [2.24, 2.45) is 11.1 Å². The lowest BCUT2D eigenvalue weighted by Crippen LogP contribution is -2.32. The molecule has 2 aromatic rings. The summed E-state index contributed by atoms with van der Waals surface area (Å²) in [5.41, 5.74) is 1.93. The SMILES string of the molecule is COc1cc(CCCNCCCC(C#N)(c2ccccc2)C(C)C)cc(OC)c1.NS(=O)(=O)O. The van der Waals surface area contributed by atoms with Crippen LogP contribution in [0.15, 0.2) is 48.5 Å². The molecule has 9 heteroatoms. The van der Waals surface area contributed by atoms with E-state index in [1.165, 1.54) is 5.56 Å². The van der Waals surface area contributed by atoms with Crippen molar-refractivity contribution in [1.29, 1.82) is 5.26 Å². The van der Waals surface area contributed by atoms with Crippen molar-refractivity contribution in [2.45, 2.75) is 44.9 Å². The van der Waals surface area contributed by atoms with E-state index >= 15 is 0 Å². The van der Waals surface area contributed by atoms with Crippen LogP contribution in [-0.2, 0) is 22.1 Å². The van der Waals surface area contributed by atoms with Gasteiger partial charge < -0.3 is 14.8 Å². The largest absolute Gasteiger partial charge is 0.497 e. The number of ether oxygens (including phenoxy) is 2. The first-order valence-corrected chi connectivity index (χ1v) is 12.7. The molecule has 0 amide bonds. The van der Waals surface area contributed by atoms with Gasteiger partial charge in [-0.1, -0.05) is 44.2 Å². The number of nitrogens with zero attached hydrogens (tertiary/aromatic N) is 1. The Labute approximate surface area is 204 Å². The zero-order valence-electron chi connectivity index (χ0n) is 20.5. The monoisotopic (exact) mass is 491 g/mol. The number of benzene rings is 2. The molecule has 1 atom stereocenters. The second-order valence-corrected chi connectivity index (χ2v) is 9.33. The molecular formula is C25H37N3O5S.